The molecule has 8 heteroatoms. The summed E-state index contributed by atoms with van der Waals surface area (Å²) >= 11 is 0. The maximum atomic E-state index is 10.0. The van der Waals surface area contributed by atoms with E-state index in [0.717, 1.165) is 12.8 Å². The lowest BCUT2D eigenvalue weighted by molar-refractivity contribution is -0.305. The van der Waals surface area contributed by atoms with E-state index in [2.05, 4.69) is 6.92 Å². The first-order chi connectivity index (χ1) is 16.5. The fourth-order valence-corrected chi connectivity index (χ4v) is 4.20. The SMILES string of the molecule is CCCCCCCCCCCCCCCCOC[C@H](CO[C@@H]1O[C@@H](CO)[C@H](O)[C@@H](O)[C@@H]1O)OC. The molecule has 0 aliphatic carbocycles. The van der Waals surface area contributed by atoms with Gasteiger partial charge in [0.1, 0.15) is 30.5 Å². The van der Waals surface area contributed by atoms with Crippen molar-refractivity contribution in [3.05, 3.63) is 0 Å². The predicted octanol–water partition coefficient (Wildman–Crippen LogP) is 3.32. The molecule has 0 spiro atoms. The van der Waals surface area contributed by atoms with E-state index in [9.17, 15) is 20.4 Å². The Morgan fingerprint density at radius 3 is 1.74 bits per heavy atom. The third kappa shape index (κ3) is 13.7. The summed E-state index contributed by atoms with van der Waals surface area (Å²) in [7, 11) is 1.55. The van der Waals surface area contributed by atoms with Gasteiger partial charge in [0.2, 0.25) is 0 Å². The third-order valence-corrected chi connectivity index (χ3v) is 6.57. The van der Waals surface area contributed by atoms with Crippen LogP contribution in [0.2, 0.25) is 0 Å². The minimum Gasteiger partial charge on any atom is -0.394 e. The van der Waals surface area contributed by atoms with Gasteiger partial charge in [-0.15, -0.1) is 0 Å². The Morgan fingerprint density at radius 1 is 0.706 bits per heavy atom. The number of hydrogen-bond acceptors (Lipinski definition) is 8. The molecule has 8 nitrogen and oxygen atoms in total. The van der Waals surface area contributed by atoms with Crippen LogP contribution in [0.15, 0.2) is 0 Å². The van der Waals surface area contributed by atoms with E-state index < -0.39 is 37.3 Å². The van der Waals surface area contributed by atoms with Crippen LogP contribution in [0.4, 0.5) is 0 Å². The van der Waals surface area contributed by atoms with Crippen LogP contribution in [-0.2, 0) is 18.9 Å². The van der Waals surface area contributed by atoms with Crippen LogP contribution in [-0.4, -0.2) is 90.8 Å². The first kappa shape index (κ1) is 31.7. The smallest absolute Gasteiger partial charge is 0.186 e. The van der Waals surface area contributed by atoms with Crippen LogP contribution in [0, 0.1) is 0 Å². The number of ether oxygens (including phenoxy) is 4. The first-order valence-electron chi connectivity index (χ1n) is 13.6. The lowest BCUT2D eigenvalue weighted by atomic mass is 9.99. The van der Waals surface area contributed by atoms with E-state index in [1.54, 1.807) is 7.11 Å². The highest BCUT2D eigenvalue weighted by molar-refractivity contribution is 4.88. The van der Waals surface area contributed by atoms with Crippen molar-refractivity contribution >= 4 is 0 Å². The molecule has 0 radical (unpaired) electrons. The van der Waals surface area contributed by atoms with Gasteiger partial charge in [-0.05, 0) is 6.42 Å². The van der Waals surface area contributed by atoms with Gasteiger partial charge in [-0.1, -0.05) is 90.4 Å². The Hall–Kier alpha value is -0.320. The standard InChI is InChI=1S/C26H52O8/c1-3-4-5-6-7-8-9-10-11-12-13-14-15-16-17-32-19-21(31-2)20-33-26-25(30)24(29)23(28)22(18-27)34-26/h21-30H,3-20H2,1-2H3/t21-,22+,23+,24-,25+,26-/m1/s1. The molecule has 0 aromatic carbocycles. The normalized spacial score (nSPS) is 26.1. The molecule has 0 unspecified atom stereocenters. The lowest BCUT2D eigenvalue weighted by Gasteiger charge is -2.39. The van der Waals surface area contributed by atoms with Gasteiger partial charge in [-0.3, -0.25) is 0 Å². The summed E-state index contributed by atoms with van der Waals surface area (Å²) in [6.45, 7) is 2.89. The van der Waals surface area contributed by atoms with E-state index in [0.29, 0.717) is 13.2 Å². The fraction of sp³-hybridized carbons (Fsp3) is 1.00. The fourth-order valence-electron chi connectivity index (χ4n) is 4.20. The molecule has 34 heavy (non-hydrogen) atoms. The summed E-state index contributed by atoms with van der Waals surface area (Å²) in [4.78, 5) is 0. The van der Waals surface area contributed by atoms with Gasteiger partial charge >= 0.3 is 0 Å². The molecule has 204 valence electrons. The zero-order valence-corrected chi connectivity index (χ0v) is 21.6. The molecular formula is C26H52O8. The number of hydrogen-bond donors (Lipinski definition) is 4. The van der Waals surface area contributed by atoms with Crippen molar-refractivity contribution in [2.75, 3.05) is 33.5 Å². The molecule has 6 atom stereocenters. The minimum absolute atomic E-state index is 0.0952. The van der Waals surface area contributed by atoms with Crippen molar-refractivity contribution in [3.8, 4) is 0 Å². The van der Waals surface area contributed by atoms with Crippen LogP contribution in [0.3, 0.4) is 0 Å². The first-order valence-corrected chi connectivity index (χ1v) is 13.6. The number of methoxy groups -OCH3 is 1. The quantitative estimate of drug-likeness (QED) is 0.170. The second kappa shape index (κ2) is 20.8. The van der Waals surface area contributed by atoms with Crippen LogP contribution in [0.1, 0.15) is 96.8 Å². The summed E-state index contributed by atoms with van der Waals surface area (Å²) in [5.41, 5.74) is 0. The monoisotopic (exact) mass is 492 g/mol. The van der Waals surface area contributed by atoms with Crippen molar-refractivity contribution in [2.45, 2.75) is 134 Å². The molecule has 1 aliphatic heterocycles. The van der Waals surface area contributed by atoms with E-state index >= 15 is 0 Å². The van der Waals surface area contributed by atoms with E-state index in [-0.39, 0.29) is 12.7 Å². The van der Waals surface area contributed by atoms with Gasteiger partial charge < -0.3 is 39.4 Å². The molecule has 0 saturated carbocycles. The molecule has 4 N–H and O–H groups in total. The molecule has 1 saturated heterocycles. The minimum atomic E-state index is -1.45. The highest BCUT2D eigenvalue weighted by Gasteiger charge is 2.44. The van der Waals surface area contributed by atoms with Gasteiger partial charge in [0.25, 0.3) is 0 Å². The number of aliphatic hydroxyl groups is 4. The molecule has 1 fully saturated rings. The highest BCUT2D eigenvalue weighted by Crippen LogP contribution is 2.22. The van der Waals surface area contributed by atoms with Crippen LogP contribution < -0.4 is 0 Å². The maximum Gasteiger partial charge on any atom is 0.186 e. The molecular weight excluding hydrogens is 440 g/mol. The van der Waals surface area contributed by atoms with Gasteiger partial charge in [0.15, 0.2) is 6.29 Å². The second-order valence-corrected chi connectivity index (χ2v) is 9.56. The summed E-state index contributed by atoms with van der Waals surface area (Å²) in [6, 6.07) is 0. The summed E-state index contributed by atoms with van der Waals surface area (Å²) in [5.74, 6) is 0. The number of unbranched alkanes of at least 4 members (excludes halogenated alkanes) is 13. The van der Waals surface area contributed by atoms with Crippen LogP contribution in [0.5, 0.6) is 0 Å². The molecule has 0 amide bonds. The molecule has 0 aromatic heterocycles. The number of rotatable bonds is 22. The van der Waals surface area contributed by atoms with Gasteiger partial charge in [-0.2, -0.15) is 0 Å². The van der Waals surface area contributed by atoms with Crippen LogP contribution >= 0.6 is 0 Å². The van der Waals surface area contributed by atoms with E-state index in [1.165, 1.54) is 77.0 Å². The lowest BCUT2D eigenvalue weighted by Crippen LogP contribution is -2.59. The molecule has 1 rings (SSSR count). The maximum absolute atomic E-state index is 10.0. The third-order valence-electron chi connectivity index (χ3n) is 6.57. The average Bonchev–Trinajstić information content (AvgIpc) is 2.85. The Balaban J connectivity index is 1.97. The van der Waals surface area contributed by atoms with Gasteiger partial charge in [0.05, 0.1) is 19.8 Å². The second-order valence-electron chi connectivity index (χ2n) is 9.56. The summed E-state index contributed by atoms with van der Waals surface area (Å²) < 4.78 is 21.9. The predicted molar refractivity (Wildman–Crippen MR) is 132 cm³/mol. The zero-order valence-electron chi connectivity index (χ0n) is 21.6. The molecule has 0 bridgehead atoms. The van der Waals surface area contributed by atoms with E-state index in [4.69, 9.17) is 18.9 Å². The van der Waals surface area contributed by atoms with E-state index in [1.807, 2.05) is 0 Å². The van der Waals surface area contributed by atoms with Crippen molar-refractivity contribution in [3.63, 3.8) is 0 Å². The Labute approximate surface area is 206 Å². The topological polar surface area (TPSA) is 118 Å². The largest absolute Gasteiger partial charge is 0.394 e. The Morgan fingerprint density at radius 2 is 1.24 bits per heavy atom. The summed E-state index contributed by atoms with van der Waals surface area (Å²) in [6.07, 6.45) is 11.8. The van der Waals surface area contributed by atoms with Gasteiger partial charge in [0, 0.05) is 13.7 Å². The molecule has 0 aromatic rings. The Bertz CT molecular complexity index is 451. The van der Waals surface area contributed by atoms with Crippen molar-refractivity contribution < 1.29 is 39.4 Å². The van der Waals surface area contributed by atoms with Crippen molar-refractivity contribution in [1.82, 2.24) is 0 Å². The van der Waals surface area contributed by atoms with Crippen molar-refractivity contribution in [2.24, 2.45) is 0 Å². The van der Waals surface area contributed by atoms with Gasteiger partial charge in [-0.25, -0.2) is 0 Å². The Kier molecular flexibility index (Phi) is 19.4. The number of aliphatic hydroxyl groups excluding tert-OH is 4. The van der Waals surface area contributed by atoms with Crippen molar-refractivity contribution in [1.29, 1.82) is 0 Å². The van der Waals surface area contributed by atoms with Crippen LogP contribution in [0.25, 0.3) is 0 Å². The molecule has 1 aliphatic rings. The zero-order chi connectivity index (χ0) is 25.0. The highest BCUT2D eigenvalue weighted by atomic mass is 16.7. The average molecular weight is 493 g/mol. The summed E-state index contributed by atoms with van der Waals surface area (Å²) in [5, 5.41) is 38.9. The molecule has 1 heterocycles.